The Hall–Kier alpha value is -2.95. The van der Waals surface area contributed by atoms with E-state index in [0.29, 0.717) is 0 Å². The second-order valence-electron chi connectivity index (χ2n) is 7.76. The summed E-state index contributed by atoms with van der Waals surface area (Å²) in [6.07, 6.45) is 2.15. The van der Waals surface area contributed by atoms with Gasteiger partial charge in [-0.15, -0.1) is 0 Å². The first kappa shape index (κ1) is 18.1. The van der Waals surface area contributed by atoms with Crippen molar-refractivity contribution in [3.8, 4) is 22.4 Å². The first-order valence-corrected chi connectivity index (χ1v) is 10.3. The molecule has 1 aliphatic rings. The molecule has 4 nitrogen and oxygen atoms in total. The van der Waals surface area contributed by atoms with Gasteiger partial charge in [-0.25, -0.2) is 4.98 Å². The normalized spacial score (nSPS) is 15.1. The highest BCUT2D eigenvalue weighted by molar-refractivity contribution is 5.72. The van der Waals surface area contributed by atoms with Crippen LogP contribution in [-0.2, 0) is 6.54 Å². The van der Waals surface area contributed by atoms with Crippen molar-refractivity contribution in [3.05, 3.63) is 84.2 Å². The fourth-order valence-corrected chi connectivity index (χ4v) is 4.17. The number of pyridine rings is 1. The van der Waals surface area contributed by atoms with Crippen LogP contribution in [0.25, 0.3) is 28.0 Å². The minimum Gasteiger partial charge on any atom is -0.314 e. The van der Waals surface area contributed by atoms with Crippen LogP contribution in [-0.4, -0.2) is 40.5 Å². The lowest BCUT2D eigenvalue weighted by Crippen LogP contribution is -2.43. The highest BCUT2D eigenvalue weighted by Gasteiger charge is 2.19. The van der Waals surface area contributed by atoms with E-state index >= 15 is 0 Å². The number of fused-ring (bicyclic) bond motifs is 1. The molecule has 0 saturated carbocycles. The fourth-order valence-electron chi connectivity index (χ4n) is 4.17. The number of piperazine rings is 1. The van der Waals surface area contributed by atoms with Crippen molar-refractivity contribution >= 4 is 5.65 Å². The molecule has 29 heavy (non-hydrogen) atoms. The molecule has 2 aromatic carbocycles. The van der Waals surface area contributed by atoms with Crippen LogP contribution >= 0.6 is 0 Å². The Labute approximate surface area is 171 Å². The summed E-state index contributed by atoms with van der Waals surface area (Å²) in [5, 5.41) is 3.44. The number of hydrogen-bond acceptors (Lipinski definition) is 3. The standard InChI is InChI=1S/C25H26N4/c1-19-6-5-15-29-23(18-28-16-13-26-14-17-28)24(27-25(19)29)22-11-9-21(10-12-22)20-7-3-2-4-8-20/h2-12,15,26H,13-14,16-18H2,1H3. The molecule has 1 aliphatic heterocycles. The maximum absolute atomic E-state index is 5.07. The van der Waals surface area contributed by atoms with Crippen LogP contribution in [0.4, 0.5) is 0 Å². The van der Waals surface area contributed by atoms with Gasteiger partial charge in [0.1, 0.15) is 5.65 Å². The minimum absolute atomic E-state index is 0.919. The average Bonchev–Trinajstić information content (AvgIpc) is 3.15. The number of aryl methyl sites for hydroxylation is 1. The van der Waals surface area contributed by atoms with Crippen molar-refractivity contribution in [2.24, 2.45) is 0 Å². The number of benzene rings is 2. The molecule has 0 aliphatic carbocycles. The van der Waals surface area contributed by atoms with Gasteiger partial charge in [0.15, 0.2) is 0 Å². The molecular weight excluding hydrogens is 356 g/mol. The number of imidazole rings is 1. The smallest absolute Gasteiger partial charge is 0.140 e. The second-order valence-corrected chi connectivity index (χ2v) is 7.76. The van der Waals surface area contributed by atoms with E-state index in [9.17, 15) is 0 Å². The zero-order valence-corrected chi connectivity index (χ0v) is 16.8. The van der Waals surface area contributed by atoms with E-state index in [0.717, 1.165) is 44.1 Å². The number of hydrogen-bond donors (Lipinski definition) is 1. The van der Waals surface area contributed by atoms with E-state index in [2.05, 4.69) is 94.5 Å². The van der Waals surface area contributed by atoms with Crippen molar-refractivity contribution in [3.63, 3.8) is 0 Å². The van der Waals surface area contributed by atoms with Gasteiger partial charge in [-0.05, 0) is 29.7 Å². The van der Waals surface area contributed by atoms with Crippen molar-refractivity contribution < 1.29 is 0 Å². The zero-order chi connectivity index (χ0) is 19.6. The van der Waals surface area contributed by atoms with Crippen molar-refractivity contribution in [2.45, 2.75) is 13.5 Å². The number of aromatic nitrogens is 2. The van der Waals surface area contributed by atoms with Crippen LogP contribution in [0.2, 0.25) is 0 Å². The number of nitrogens with one attached hydrogen (secondary N) is 1. The average molecular weight is 383 g/mol. The van der Waals surface area contributed by atoms with Gasteiger partial charge in [0, 0.05) is 44.5 Å². The Morgan fingerprint density at radius 1 is 0.828 bits per heavy atom. The third kappa shape index (κ3) is 3.57. The first-order valence-electron chi connectivity index (χ1n) is 10.3. The van der Waals surface area contributed by atoms with Gasteiger partial charge >= 0.3 is 0 Å². The van der Waals surface area contributed by atoms with Gasteiger partial charge in [-0.2, -0.15) is 0 Å². The lowest BCUT2D eigenvalue weighted by Gasteiger charge is -2.27. The molecule has 1 fully saturated rings. The third-order valence-electron chi connectivity index (χ3n) is 5.79. The summed E-state index contributed by atoms with van der Waals surface area (Å²) in [5.74, 6) is 0. The Morgan fingerprint density at radius 2 is 1.52 bits per heavy atom. The molecule has 0 amide bonds. The van der Waals surface area contributed by atoms with Gasteiger partial charge in [-0.1, -0.05) is 60.7 Å². The van der Waals surface area contributed by atoms with Gasteiger partial charge < -0.3 is 9.72 Å². The first-order chi connectivity index (χ1) is 14.3. The highest BCUT2D eigenvalue weighted by Crippen LogP contribution is 2.29. The molecule has 0 bridgehead atoms. The maximum atomic E-state index is 5.07. The topological polar surface area (TPSA) is 32.6 Å². The zero-order valence-electron chi connectivity index (χ0n) is 16.8. The van der Waals surface area contributed by atoms with Crippen LogP contribution in [0.5, 0.6) is 0 Å². The Morgan fingerprint density at radius 3 is 2.28 bits per heavy atom. The Bertz CT molecular complexity index is 1110. The molecule has 3 heterocycles. The predicted molar refractivity (Wildman–Crippen MR) is 119 cm³/mol. The molecule has 0 unspecified atom stereocenters. The van der Waals surface area contributed by atoms with Crippen LogP contribution in [0.1, 0.15) is 11.3 Å². The number of rotatable bonds is 4. The largest absolute Gasteiger partial charge is 0.314 e. The molecular formula is C25H26N4. The van der Waals surface area contributed by atoms with Crippen LogP contribution < -0.4 is 5.32 Å². The fraction of sp³-hybridized carbons (Fsp3) is 0.240. The van der Waals surface area contributed by atoms with E-state index in [-0.39, 0.29) is 0 Å². The van der Waals surface area contributed by atoms with E-state index < -0.39 is 0 Å². The minimum atomic E-state index is 0.919. The molecule has 0 spiro atoms. The van der Waals surface area contributed by atoms with E-state index in [1.54, 1.807) is 0 Å². The molecule has 146 valence electrons. The third-order valence-corrected chi connectivity index (χ3v) is 5.79. The van der Waals surface area contributed by atoms with Crippen LogP contribution in [0.15, 0.2) is 72.9 Å². The summed E-state index contributed by atoms with van der Waals surface area (Å²) in [6, 6.07) is 23.6. The molecule has 1 N–H and O–H groups in total. The molecule has 1 saturated heterocycles. The quantitative estimate of drug-likeness (QED) is 0.568. The Balaban J connectivity index is 1.56. The summed E-state index contributed by atoms with van der Waals surface area (Å²) in [4.78, 5) is 7.59. The maximum Gasteiger partial charge on any atom is 0.140 e. The molecule has 5 rings (SSSR count). The lowest BCUT2D eigenvalue weighted by atomic mass is 10.0. The summed E-state index contributed by atoms with van der Waals surface area (Å²) in [5.41, 5.74) is 8.29. The Kier molecular flexibility index (Phi) is 4.88. The molecule has 2 aromatic heterocycles. The van der Waals surface area contributed by atoms with Crippen molar-refractivity contribution in [1.82, 2.24) is 19.6 Å². The SMILES string of the molecule is Cc1cccn2c(CN3CCNCC3)c(-c3ccc(-c4ccccc4)cc3)nc12. The van der Waals surface area contributed by atoms with Crippen molar-refractivity contribution in [1.29, 1.82) is 0 Å². The molecule has 0 atom stereocenters. The monoisotopic (exact) mass is 382 g/mol. The van der Waals surface area contributed by atoms with Crippen LogP contribution in [0.3, 0.4) is 0 Å². The van der Waals surface area contributed by atoms with E-state index in [4.69, 9.17) is 4.98 Å². The summed E-state index contributed by atoms with van der Waals surface area (Å²) >= 11 is 0. The van der Waals surface area contributed by atoms with E-state index in [1.807, 2.05) is 0 Å². The van der Waals surface area contributed by atoms with Gasteiger partial charge in [0.2, 0.25) is 0 Å². The summed E-state index contributed by atoms with van der Waals surface area (Å²) in [7, 11) is 0. The van der Waals surface area contributed by atoms with Gasteiger partial charge in [0.25, 0.3) is 0 Å². The second kappa shape index (κ2) is 7.82. The molecule has 0 radical (unpaired) electrons. The molecule has 4 heteroatoms. The van der Waals surface area contributed by atoms with E-state index in [1.165, 1.54) is 27.9 Å². The lowest BCUT2D eigenvalue weighted by molar-refractivity contribution is 0.230. The van der Waals surface area contributed by atoms with Gasteiger partial charge in [-0.3, -0.25) is 4.90 Å². The van der Waals surface area contributed by atoms with Crippen molar-refractivity contribution in [2.75, 3.05) is 26.2 Å². The predicted octanol–water partition coefficient (Wildman–Crippen LogP) is 4.38. The molecule has 4 aromatic rings. The highest BCUT2D eigenvalue weighted by atomic mass is 15.2. The number of nitrogens with zero attached hydrogens (tertiary/aromatic N) is 3. The van der Waals surface area contributed by atoms with Gasteiger partial charge in [0.05, 0.1) is 11.4 Å². The summed E-state index contributed by atoms with van der Waals surface area (Å²) in [6.45, 7) is 7.31. The van der Waals surface area contributed by atoms with Crippen LogP contribution in [0, 0.1) is 6.92 Å². The summed E-state index contributed by atoms with van der Waals surface area (Å²) < 4.78 is 2.28.